The molecule has 2 N–H and O–H groups in total. The standard InChI is InChI=1S/C35H46FN5O2/c1-24-38-30-9-4-5-10-31(30)41(24)29-20-27-11-12-28(21-29)40(27)18-15-35(25-7-6-8-26(36)19-25)13-16-39(17-14-35)33(43)23-34(2,3)22-32(37)42/h4-10,19,27-29H,11-18,20-23H2,1-3H3,(H2,37,42). The number of fused-ring (bicyclic) bond motifs is 3. The summed E-state index contributed by atoms with van der Waals surface area (Å²) in [7, 11) is 0. The molecule has 1 aromatic heterocycles. The molecular formula is C35H46FN5O2. The summed E-state index contributed by atoms with van der Waals surface area (Å²) in [6.07, 6.45) is 7.78. The van der Waals surface area contributed by atoms with E-state index in [1.54, 1.807) is 6.07 Å². The Kier molecular flexibility index (Phi) is 8.09. The first kappa shape index (κ1) is 29.8. The molecule has 0 spiro atoms. The Bertz CT molecular complexity index is 1480. The molecular weight excluding hydrogens is 541 g/mol. The largest absolute Gasteiger partial charge is 0.370 e. The number of aromatic nitrogens is 2. The van der Waals surface area contributed by atoms with Gasteiger partial charge in [-0.25, -0.2) is 9.37 Å². The highest BCUT2D eigenvalue weighted by molar-refractivity contribution is 5.79. The van der Waals surface area contributed by atoms with E-state index < -0.39 is 5.41 Å². The van der Waals surface area contributed by atoms with Gasteiger partial charge in [-0.05, 0) is 99.1 Å². The third-order valence-corrected chi connectivity index (χ3v) is 10.6. The zero-order chi connectivity index (χ0) is 30.4. The molecule has 3 saturated heterocycles. The molecule has 6 rings (SSSR count). The van der Waals surface area contributed by atoms with Crippen LogP contribution in [0.1, 0.15) is 89.1 Å². The van der Waals surface area contributed by atoms with Crippen LogP contribution in [-0.2, 0) is 15.0 Å². The van der Waals surface area contributed by atoms with Gasteiger partial charge in [0.1, 0.15) is 11.6 Å². The van der Waals surface area contributed by atoms with E-state index in [1.807, 2.05) is 24.8 Å². The minimum absolute atomic E-state index is 0.0709. The van der Waals surface area contributed by atoms with Gasteiger partial charge in [0.05, 0.1) is 11.0 Å². The average molecular weight is 588 g/mol. The van der Waals surface area contributed by atoms with Gasteiger partial charge in [-0.1, -0.05) is 38.1 Å². The smallest absolute Gasteiger partial charge is 0.223 e. The van der Waals surface area contributed by atoms with Gasteiger partial charge < -0.3 is 15.2 Å². The highest BCUT2D eigenvalue weighted by Gasteiger charge is 2.44. The van der Waals surface area contributed by atoms with E-state index in [0.29, 0.717) is 37.6 Å². The number of carbonyl (C=O) groups is 2. The van der Waals surface area contributed by atoms with Gasteiger partial charge in [-0.2, -0.15) is 0 Å². The summed E-state index contributed by atoms with van der Waals surface area (Å²) in [5.74, 6) is 0.588. The monoisotopic (exact) mass is 587 g/mol. The first-order chi connectivity index (χ1) is 20.5. The molecule has 8 heteroatoms. The van der Waals surface area contributed by atoms with Crippen molar-refractivity contribution in [2.24, 2.45) is 11.1 Å². The van der Waals surface area contributed by atoms with E-state index in [9.17, 15) is 14.0 Å². The molecule has 2 unspecified atom stereocenters. The Morgan fingerprint density at radius 1 is 1.00 bits per heavy atom. The number of rotatable bonds is 9. The van der Waals surface area contributed by atoms with Crippen molar-refractivity contribution in [3.8, 4) is 0 Å². The lowest BCUT2D eigenvalue weighted by Gasteiger charge is -2.46. The van der Waals surface area contributed by atoms with Gasteiger partial charge in [0.15, 0.2) is 0 Å². The third kappa shape index (κ3) is 6.08. The second-order valence-electron chi connectivity index (χ2n) is 14.2. The van der Waals surface area contributed by atoms with Crippen molar-refractivity contribution in [1.29, 1.82) is 0 Å². The second kappa shape index (κ2) is 11.7. The number of primary amides is 1. The Labute approximate surface area is 254 Å². The maximum atomic E-state index is 14.5. The van der Waals surface area contributed by atoms with Crippen LogP contribution in [0.25, 0.3) is 11.0 Å². The molecule has 7 nitrogen and oxygen atoms in total. The highest BCUT2D eigenvalue weighted by Crippen LogP contribution is 2.45. The maximum absolute atomic E-state index is 14.5. The summed E-state index contributed by atoms with van der Waals surface area (Å²) >= 11 is 0. The first-order valence-electron chi connectivity index (χ1n) is 16.1. The van der Waals surface area contributed by atoms with E-state index in [-0.39, 0.29) is 29.5 Å². The van der Waals surface area contributed by atoms with Crippen molar-refractivity contribution < 1.29 is 14.0 Å². The van der Waals surface area contributed by atoms with Crippen LogP contribution in [0.15, 0.2) is 48.5 Å². The number of imidazole rings is 1. The van der Waals surface area contributed by atoms with Crippen LogP contribution in [-0.4, -0.2) is 62.9 Å². The van der Waals surface area contributed by atoms with Crippen LogP contribution >= 0.6 is 0 Å². The molecule has 0 aliphatic carbocycles. The molecule has 3 aliphatic rings. The number of halogens is 1. The summed E-state index contributed by atoms with van der Waals surface area (Å²) in [6.45, 7) is 8.25. The Balaban J connectivity index is 1.15. The van der Waals surface area contributed by atoms with Gasteiger partial charge in [0.25, 0.3) is 0 Å². The molecule has 0 saturated carbocycles. The van der Waals surface area contributed by atoms with E-state index in [0.717, 1.165) is 55.6 Å². The van der Waals surface area contributed by atoms with Gasteiger partial charge in [0.2, 0.25) is 11.8 Å². The van der Waals surface area contributed by atoms with Crippen LogP contribution in [0.3, 0.4) is 0 Å². The molecule has 3 aliphatic heterocycles. The SMILES string of the molecule is Cc1nc2ccccc2n1C1CC2CCC(C1)N2CCC1(c2cccc(F)c2)CCN(C(=O)CC(C)(C)CC(N)=O)CC1. The fourth-order valence-electron chi connectivity index (χ4n) is 8.53. The van der Waals surface area contributed by atoms with Crippen molar-refractivity contribution in [1.82, 2.24) is 19.4 Å². The number of nitrogens with two attached hydrogens (primary N) is 1. The lowest BCUT2D eigenvalue weighted by molar-refractivity contribution is -0.135. The van der Waals surface area contributed by atoms with Crippen molar-refractivity contribution in [3.63, 3.8) is 0 Å². The average Bonchev–Trinajstić information content (AvgIpc) is 3.41. The fraction of sp³-hybridized carbons (Fsp3) is 0.571. The van der Waals surface area contributed by atoms with Crippen LogP contribution in [0.4, 0.5) is 4.39 Å². The van der Waals surface area contributed by atoms with Crippen LogP contribution in [0.5, 0.6) is 0 Å². The highest BCUT2D eigenvalue weighted by atomic mass is 19.1. The summed E-state index contributed by atoms with van der Waals surface area (Å²) in [5.41, 5.74) is 8.15. The minimum atomic E-state index is -0.465. The number of amides is 2. The van der Waals surface area contributed by atoms with Crippen molar-refractivity contribution in [3.05, 3.63) is 65.7 Å². The molecule has 2 bridgehead atoms. The second-order valence-corrected chi connectivity index (χ2v) is 14.2. The van der Waals surface area contributed by atoms with Gasteiger partial charge >= 0.3 is 0 Å². The molecule has 4 heterocycles. The normalized spacial score (nSPS) is 24.0. The number of carbonyl (C=O) groups excluding carboxylic acids is 2. The number of hydrogen-bond acceptors (Lipinski definition) is 4. The Morgan fingerprint density at radius 3 is 2.37 bits per heavy atom. The molecule has 0 radical (unpaired) electrons. The first-order valence-corrected chi connectivity index (χ1v) is 16.1. The van der Waals surface area contributed by atoms with E-state index in [1.165, 1.54) is 24.4 Å². The number of likely N-dealkylation sites (tertiary alicyclic amines) is 1. The summed E-state index contributed by atoms with van der Waals surface area (Å²) in [5, 5.41) is 0. The van der Waals surface area contributed by atoms with Crippen molar-refractivity contribution in [2.45, 2.75) is 102 Å². The van der Waals surface area contributed by atoms with Crippen molar-refractivity contribution >= 4 is 22.8 Å². The number of para-hydroxylation sites is 2. The lowest BCUT2D eigenvalue weighted by Crippen LogP contribution is -2.49. The van der Waals surface area contributed by atoms with Gasteiger partial charge in [-0.3, -0.25) is 14.5 Å². The van der Waals surface area contributed by atoms with E-state index in [2.05, 4.69) is 46.7 Å². The number of piperidine rings is 2. The number of benzene rings is 2. The predicted molar refractivity (Wildman–Crippen MR) is 167 cm³/mol. The summed E-state index contributed by atoms with van der Waals surface area (Å²) in [6, 6.07) is 17.1. The molecule has 2 atom stereocenters. The molecule has 43 heavy (non-hydrogen) atoms. The molecule has 2 amide bonds. The third-order valence-electron chi connectivity index (χ3n) is 10.6. The Morgan fingerprint density at radius 2 is 1.70 bits per heavy atom. The van der Waals surface area contributed by atoms with Crippen LogP contribution in [0.2, 0.25) is 0 Å². The van der Waals surface area contributed by atoms with E-state index in [4.69, 9.17) is 10.7 Å². The zero-order valence-electron chi connectivity index (χ0n) is 25.9. The van der Waals surface area contributed by atoms with Crippen molar-refractivity contribution in [2.75, 3.05) is 19.6 Å². The summed E-state index contributed by atoms with van der Waals surface area (Å²) in [4.78, 5) is 34.3. The topological polar surface area (TPSA) is 84.5 Å². The molecule has 3 fully saturated rings. The number of nitrogens with zero attached hydrogens (tertiary/aromatic N) is 4. The quantitative estimate of drug-likeness (QED) is 0.338. The minimum Gasteiger partial charge on any atom is -0.370 e. The fourth-order valence-corrected chi connectivity index (χ4v) is 8.53. The summed E-state index contributed by atoms with van der Waals surface area (Å²) < 4.78 is 17.0. The van der Waals surface area contributed by atoms with Crippen LogP contribution < -0.4 is 5.73 Å². The predicted octanol–water partition coefficient (Wildman–Crippen LogP) is 5.89. The molecule has 2 aromatic carbocycles. The van der Waals surface area contributed by atoms with Crippen LogP contribution in [0, 0.1) is 18.2 Å². The lowest BCUT2D eigenvalue weighted by atomic mass is 9.70. The maximum Gasteiger partial charge on any atom is 0.223 e. The van der Waals surface area contributed by atoms with Gasteiger partial charge in [-0.15, -0.1) is 0 Å². The molecule has 230 valence electrons. The zero-order valence-corrected chi connectivity index (χ0v) is 25.9. The number of aryl methyl sites for hydroxylation is 1. The molecule has 3 aromatic rings. The van der Waals surface area contributed by atoms with Gasteiger partial charge in [0, 0.05) is 44.1 Å². The Hall–Kier alpha value is -3.26. The number of hydrogen-bond donors (Lipinski definition) is 1. The van der Waals surface area contributed by atoms with E-state index >= 15 is 0 Å².